The lowest BCUT2D eigenvalue weighted by Crippen LogP contribution is -2.62. The van der Waals surface area contributed by atoms with Crippen molar-refractivity contribution >= 4 is 57.4 Å². The maximum atomic E-state index is 5.32. The number of aromatic nitrogens is 1. The van der Waals surface area contributed by atoms with Crippen molar-refractivity contribution in [2.24, 2.45) is 0 Å². The number of para-hydroxylation sites is 2. The number of fused-ring (bicyclic) bond motifs is 6. The Morgan fingerprint density at radius 2 is 1.08 bits per heavy atom. The van der Waals surface area contributed by atoms with Crippen LogP contribution in [-0.4, -0.2) is 11.7 Å². The maximum absolute atomic E-state index is 5.32. The molecular formula is C45H48BN3. The zero-order chi connectivity index (χ0) is 34.1. The fraction of sp³-hybridized carbons (Fsp3) is 0.356. The zero-order valence-electron chi connectivity index (χ0n) is 30.5. The van der Waals surface area contributed by atoms with Crippen molar-refractivity contribution in [3.05, 3.63) is 119 Å². The Kier molecular flexibility index (Phi) is 6.35. The Bertz CT molecular complexity index is 2160. The van der Waals surface area contributed by atoms with E-state index in [9.17, 15) is 0 Å². The van der Waals surface area contributed by atoms with Crippen LogP contribution < -0.4 is 26.2 Å². The summed E-state index contributed by atoms with van der Waals surface area (Å²) in [5.74, 6) is 1.05. The number of benzene rings is 4. The Balaban J connectivity index is 1.38. The van der Waals surface area contributed by atoms with E-state index in [-0.39, 0.29) is 28.4 Å². The smallest absolute Gasteiger partial charge is 0.254 e. The fourth-order valence-electron chi connectivity index (χ4n) is 9.64. The van der Waals surface area contributed by atoms with Crippen LogP contribution in [0.15, 0.2) is 97.2 Å². The van der Waals surface area contributed by atoms with E-state index in [1.807, 2.05) is 6.20 Å². The Hall–Kier alpha value is -4.31. The van der Waals surface area contributed by atoms with E-state index in [1.54, 1.807) is 0 Å². The molecule has 4 heteroatoms. The maximum Gasteiger partial charge on any atom is 0.254 e. The molecule has 0 saturated heterocycles. The van der Waals surface area contributed by atoms with Crippen molar-refractivity contribution in [1.82, 2.24) is 4.98 Å². The Morgan fingerprint density at radius 1 is 0.490 bits per heavy atom. The van der Waals surface area contributed by atoms with E-state index < -0.39 is 0 Å². The minimum atomic E-state index is 0.0836. The van der Waals surface area contributed by atoms with Gasteiger partial charge >= 0.3 is 0 Å². The summed E-state index contributed by atoms with van der Waals surface area (Å²) in [7, 11) is 0. The molecule has 2 aliphatic heterocycles. The van der Waals surface area contributed by atoms with Crippen LogP contribution in [0.25, 0.3) is 0 Å². The van der Waals surface area contributed by atoms with Crippen LogP contribution >= 0.6 is 0 Å². The molecule has 1 aromatic heterocycles. The van der Waals surface area contributed by atoms with Crippen molar-refractivity contribution in [2.45, 2.75) is 103 Å². The number of hydrogen-bond acceptors (Lipinski definition) is 3. The topological polar surface area (TPSA) is 19.4 Å². The van der Waals surface area contributed by atoms with Crippen molar-refractivity contribution in [1.29, 1.82) is 0 Å². The molecule has 3 nitrogen and oxygen atoms in total. The number of anilines is 6. The highest BCUT2D eigenvalue weighted by Gasteiger charge is 2.47. The second-order valence-electron chi connectivity index (χ2n) is 17.8. The molecule has 0 amide bonds. The van der Waals surface area contributed by atoms with Crippen LogP contribution in [0.1, 0.15) is 103 Å². The fourth-order valence-corrected chi connectivity index (χ4v) is 9.64. The summed E-state index contributed by atoms with van der Waals surface area (Å²) >= 11 is 0. The molecule has 0 unspecified atom stereocenters. The summed E-state index contributed by atoms with van der Waals surface area (Å²) in [5.41, 5.74) is 16.6. The van der Waals surface area contributed by atoms with Gasteiger partial charge in [-0.05, 0) is 128 Å². The Labute approximate surface area is 293 Å². The molecule has 5 aromatic rings. The molecule has 0 spiro atoms. The monoisotopic (exact) mass is 641 g/mol. The second kappa shape index (κ2) is 10.1. The highest BCUT2D eigenvalue weighted by Crippen LogP contribution is 2.51. The first-order chi connectivity index (χ1) is 23.3. The Morgan fingerprint density at radius 3 is 1.78 bits per heavy atom. The van der Waals surface area contributed by atoms with E-state index in [1.165, 1.54) is 92.8 Å². The van der Waals surface area contributed by atoms with Gasteiger partial charge in [0.2, 0.25) is 0 Å². The van der Waals surface area contributed by atoms with Crippen molar-refractivity contribution in [3.63, 3.8) is 0 Å². The van der Waals surface area contributed by atoms with Crippen molar-refractivity contribution in [3.8, 4) is 0 Å². The van der Waals surface area contributed by atoms with Gasteiger partial charge < -0.3 is 4.90 Å². The number of hydrogen-bond donors (Lipinski definition) is 0. The molecule has 9 rings (SSSR count). The predicted octanol–water partition coefficient (Wildman–Crippen LogP) is 9.86. The van der Waals surface area contributed by atoms with Gasteiger partial charge in [-0.3, -0.25) is 4.90 Å². The quantitative estimate of drug-likeness (QED) is 0.175. The third-order valence-corrected chi connectivity index (χ3v) is 12.8. The molecule has 2 aliphatic carbocycles. The minimum absolute atomic E-state index is 0.0836. The minimum Gasteiger partial charge on any atom is -0.311 e. The van der Waals surface area contributed by atoms with Gasteiger partial charge in [0.15, 0.2) is 0 Å². The largest absolute Gasteiger partial charge is 0.311 e. The van der Waals surface area contributed by atoms with E-state index in [0.29, 0.717) is 0 Å². The van der Waals surface area contributed by atoms with Gasteiger partial charge in [-0.25, -0.2) is 4.98 Å². The molecule has 0 fully saturated rings. The molecule has 49 heavy (non-hydrogen) atoms. The van der Waals surface area contributed by atoms with Crippen LogP contribution in [0.3, 0.4) is 0 Å². The number of rotatable bonds is 2. The molecule has 0 radical (unpaired) electrons. The molecule has 4 aliphatic rings. The first kappa shape index (κ1) is 30.7. The zero-order valence-corrected chi connectivity index (χ0v) is 30.5. The van der Waals surface area contributed by atoms with Crippen molar-refractivity contribution in [2.75, 3.05) is 9.80 Å². The predicted molar refractivity (Wildman–Crippen MR) is 209 cm³/mol. The number of nitrogens with zero attached hydrogens (tertiary/aromatic N) is 3. The molecule has 3 heterocycles. The SMILES string of the molecule is CC1(C)CCC(C)(C)c2cc(N3c4cc5c(cc4B4c6ccccc6N(c6ccccc6)c6ccnc3c64)C(C)(C)CCC5(C)C)ccc21. The van der Waals surface area contributed by atoms with Crippen LogP contribution in [-0.2, 0) is 21.7 Å². The van der Waals surface area contributed by atoms with E-state index in [4.69, 9.17) is 4.98 Å². The van der Waals surface area contributed by atoms with Gasteiger partial charge in [0.1, 0.15) is 5.82 Å². The standard InChI is InChI=1S/C45H48BN3/c1-42(2)21-22-43(3,4)32-26-30(18-19-31(32)42)49-39-28-34-33(44(5,6)23-24-45(34,7)8)27-36(39)46-35-16-12-13-17-37(35)48(29-14-10-9-11-15-29)38-20-25-47-41(49)40(38)46/h9-20,25-28H,21-24H2,1-8H3. The van der Waals surface area contributed by atoms with Gasteiger partial charge in [0.05, 0.1) is 0 Å². The summed E-state index contributed by atoms with van der Waals surface area (Å²) in [6.07, 6.45) is 6.81. The van der Waals surface area contributed by atoms with E-state index in [2.05, 4.69) is 156 Å². The molecule has 0 atom stereocenters. The molecule has 0 bridgehead atoms. The van der Waals surface area contributed by atoms with Crippen LogP contribution in [0.5, 0.6) is 0 Å². The first-order valence-electron chi connectivity index (χ1n) is 18.4. The average Bonchev–Trinajstić information content (AvgIpc) is 3.08. The normalized spacial score (nSPS) is 20.0. The van der Waals surface area contributed by atoms with Gasteiger partial charge in [0.25, 0.3) is 6.71 Å². The molecule has 0 N–H and O–H groups in total. The van der Waals surface area contributed by atoms with Crippen molar-refractivity contribution < 1.29 is 0 Å². The molecule has 4 aromatic carbocycles. The second-order valence-corrected chi connectivity index (χ2v) is 17.8. The van der Waals surface area contributed by atoms with Crippen LogP contribution in [0, 0.1) is 0 Å². The highest BCUT2D eigenvalue weighted by atomic mass is 15.2. The first-order valence-corrected chi connectivity index (χ1v) is 18.4. The summed E-state index contributed by atoms with van der Waals surface area (Å²) in [6, 6.07) is 34.7. The van der Waals surface area contributed by atoms with E-state index in [0.717, 1.165) is 5.82 Å². The lowest BCUT2D eigenvalue weighted by Gasteiger charge is -2.47. The van der Waals surface area contributed by atoms with Gasteiger partial charge in [-0.15, -0.1) is 0 Å². The summed E-state index contributed by atoms with van der Waals surface area (Å²) in [6.45, 7) is 19.6. The molecule has 0 saturated carbocycles. The highest BCUT2D eigenvalue weighted by molar-refractivity contribution is 7.00. The van der Waals surface area contributed by atoms with Crippen LogP contribution in [0.2, 0.25) is 0 Å². The van der Waals surface area contributed by atoms with Crippen LogP contribution in [0.4, 0.5) is 34.3 Å². The number of pyridine rings is 1. The summed E-state index contributed by atoms with van der Waals surface area (Å²) in [4.78, 5) is 10.3. The lowest BCUT2D eigenvalue weighted by atomic mass is 9.33. The third-order valence-electron chi connectivity index (χ3n) is 12.8. The molecular weight excluding hydrogens is 593 g/mol. The summed E-state index contributed by atoms with van der Waals surface area (Å²) < 4.78 is 0. The molecule has 246 valence electrons. The average molecular weight is 642 g/mol. The summed E-state index contributed by atoms with van der Waals surface area (Å²) in [5, 5.41) is 0. The van der Waals surface area contributed by atoms with Gasteiger partial charge in [0, 0.05) is 34.6 Å². The van der Waals surface area contributed by atoms with Gasteiger partial charge in [-0.2, -0.15) is 0 Å². The third kappa shape index (κ3) is 4.38. The van der Waals surface area contributed by atoms with Gasteiger partial charge in [-0.1, -0.05) is 104 Å². The lowest BCUT2D eigenvalue weighted by molar-refractivity contribution is 0.332. The van der Waals surface area contributed by atoms with E-state index >= 15 is 0 Å².